The molecule has 1 aromatic carbocycles. The van der Waals surface area contributed by atoms with Crippen LogP contribution in [0.25, 0.3) is 21.3 Å². The number of carbonyl (C=O) groups is 1. The highest BCUT2D eigenvalue weighted by Crippen LogP contribution is 2.42. The second-order valence-corrected chi connectivity index (χ2v) is 12.9. The first-order chi connectivity index (χ1) is 18.1. The van der Waals surface area contributed by atoms with Crippen LogP contribution in [0.15, 0.2) is 21.4 Å². The van der Waals surface area contributed by atoms with Crippen molar-refractivity contribution < 1.29 is 35.9 Å². The van der Waals surface area contributed by atoms with Crippen molar-refractivity contribution in [2.45, 2.75) is 50.0 Å². The van der Waals surface area contributed by atoms with Crippen molar-refractivity contribution in [1.82, 2.24) is 24.4 Å². The highest BCUT2D eigenvalue weighted by atomic mass is 35.5. The first-order valence-corrected chi connectivity index (χ1v) is 14.4. The van der Waals surface area contributed by atoms with Crippen molar-refractivity contribution in [2.75, 3.05) is 26.7 Å². The fourth-order valence-corrected chi connectivity index (χ4v) is 6.35. The Morgan fingerprint density at radius 1 is 1.28 bits per heavy atom. The second kappa shape index (κ2) is 10.4. The summed E-state index contributed by atoms with van der Waals surface area (Å²) in [4.78, 5) is 18.3. The third-order valence-corrected chi connectivity index (χ3v) is 9.56. The number of rotatable bonds is 7. The van der Waals surface area contributed by atoms with Gasteiger partial charge in [-0.05, 0) is 19.9 Å². The first kappa shape index (κ1) is 29.4. The van der Waals surface area contributed by atoms with E-state index in [1.807, 2.05) is 0 Å². The number of benzene rings is 1. The predicted molar refractivity (Wildman–Crippen MR) is 137 cm³/mol. The molecule has 0 bridgehead atoms. The van der Waals surface area contributed by atoms with Crippen LogP contribution in [-0.4, -0.2) is 76.4 Å². The monoisotopic (exact) mass is 607 g/mol. The van der Waals surface area contributed by atoms with Crippen LogP contribution in [0.4, 0.5) is 13.2 Å². The van der Waals surface area contributed by atoms with Gasteiger partial charge in [0.1, 0.15) is 16.2 Å². The van der Waals surface area contributed by atoms with E-state index >= 15 is 4.39 Å². The molecule has 0 aliphatic carbocycles. The van der Waals surface area contributed by atoms with Gasteiger partial charge in [-0.15, -0.1) is 21.5 Å². The van der Waals surface area contributed by atoms with Gasteiger partial charge in [-0.1, -0.05) is 24.6 Å². The number of aromatic nitrogens is 3. The SMILES string of the molecule is CCN(C)S(=O)(=O)c1ccc(-c2sc(-c3nnc(C(C)(C)O)o3)nc2C(=O)N2CCC(F)(F)CC2)c(Cl)c1F. The fourth-order valence-electron chi connectivity index (χ4n) is 3.73. The summed E-state index contributed by atoms with van der Waals surface area (Å²) in [5.74, 6) is -5.10. The zero-order valence-electron chi connectivity index (χ0n) is 21.3. The van der Waals surface area contributed by atoms with E-state index in [1.165, 1.54) is 31.9 Å². The van der Waals surface area contributed by atoms with E-state index in [1.54, 1.807) is 6.92 Å². The van der Waals surface area contributed by atoms with Crippen LogP contribution in [0.5, 0.6) is 0 Å². The molecule has 4 rings (SSSR count). The molecule has 1 N–H and O–H groups in total. The van der Waals surface area contributed by atoms with Crippen molar-refractivity contribution in [1.29, 1.82) is 0 Å². The molecule has 3 aromatic rings. The Morgan fingerprint density at radius 2 is 1.92 bits per heavy atom. The van der Waals surface area contributed by atoms with Crippen LogP contribution >= 0.6 is 22.9 Å². The minimum atomic E-state index is -4.19. The average molecular weight is 608 g/mol. The molecule has 1 aliphatic rings. The van der Waals surface area contributed by atoms with E-state index in [4.69, 9.17) is 16.0 Å². The number of likely N-dealkylation sites (tertiary alicyclic amines) is 1. The molecule has 3 heterocycles. The molecule has 1 fully saturated rings. The number of carbonyl (C=O) groups excluding carboxylic acids is 1. The van der Waals surface area contributed by atoms with Crippen molar-refractivity contribution in [3.8, 4) is 21.3 Å². The van der Waals surface area contributed by atoms with Gasteiger partial charge in [0.25, 0.3) is 17.7 Å². The maximum absolute atomic E-state index is 15.4. The number of hydrogen-bond donors (Lipinski definition) is 1. The quantitative estimate of drug-likeness (QED) is 0.419. The lowest BCUT2D eigenvalue weighted by Crippen LogP contribution is -2.43. The van der Waals surface area contributed by atoms with Gasteiger partial charge in [0, 0.05) is 45.1 Å². The Labute approximate surface area is 231 Å². The van der Waals surface area contributed by atoms with Crippen LogP contribution < -0.4 is 0 Å². The Kier molecular flexibility index (Phi) is 7.86. The average Bonchev–Trinajstić information content (AvgIpc) is 3.52. The molecular weight excluding hydrogens is 583 g/mol. The van der Waals surface area contributed by atoms with Crippen molar-refractivity contribution in [3.63, 3.8) is 0 Å². The molecular formula is C23H25ClF3N5O5S2. The number of amides is 1. The molecule has 0 saturated carbocycles. The van der Waals surface area contributed by atoms with E-state index in [9.17, 15) is 27.1 Å². The summed E-state index contributed by atoms with van der Waals surface area (Å²) in [6, 6.07) is 2.28. The minimum Gasteiger partial charge on any atom is -0.415 e. The molecule has 0 atom stereocenters. The molecule has 1 aliphatic heterocycles. The lowest BCUT2D eigenvalue weighted by atomic mass is 10.1. The molecule has 10 nitrogen and oxygen atoms in total. The minimum absolute atomic E-state index is 0.0255. The van der Waals surface area contributed by atoms with Gasteiger partial charge in [0.15, 0.2) is 10.8 Å². The zero-order chi connectivity index (χ0) is 28.9. The third kappa shape index (κ3) is 5.68. The molecule has 0 unspecified atom stereocenters. The van der Waals surface area contributed by atoms with Crippen LogP contribution in [-0.2, 0) is 15.6 Å². The highest BCUT2D eigenvalue weighted by molar-refractivity contribution is 7.89. The van der Waals surface area contributed by atoms with E-state index in [0.717, 1.165) is 21.7 Å². The summed E-state index contributed by atoms with van der Waals surface area (Å²) in [6.45, 7) is 4.05. The summed E-state index contributed by atoms with van der Waals surface area (Å²) < 4.78 is 74.7. The number of alkyl halides is 2. The summed E-state index contributed by atoms with van der Waals surface area (Å²) in [7, 11) is -2.90. The van der Waals surface area contributed by atoms with Gasteiger partial charge in [-0.2, -0.15) is 0 Å². The largest absolute Gasteiger partial charge is 0.415 e. The van der Waals surface area contributed by atoms with Gasteiger partial charge in [0.05, 0.1) is 9.90 Å². The summed E-state index contributed by atoms with van der Waals surface area (Å²) in [5.41, 5.74) is -1.74. The van der Waals surface area contributed by atoms with Crippen LogP contribution in [0.1, 0.15) is 50.0 Å². The van der Waals surface area contributed by atoms with Gasteiger partial charge < -0.3 is 14.4 Å². The number of nitrogens with zero attached hydrogens (tertiary/aromatic N) is 5. The van der Waals surface area contributed by atoms with E-state index in [-0.39, 0.29) is 52.6 Å². The predicted octanol–water partition coefficient (Wildman–Crippen LogP) is 4.39. The molecule has 0 spiro atoms. The van der Waals surface area contributed by atoms with Crippen LogP contribution in [0.2, 0.25) is 5.02 Å². The summed E-state index contributed by atoms with van der Waals surface area (Å²) in [6.07, 6.45) is -1.06. The van der Waals surface area contributed by atoms with Crippen LogP contribution in [0, 0.1) is 5.82 Å². The number of aliphatic hydroxyl groups is 1. The highest BCUT2D eigenvalue weighted by Gasteiger charge is 2.38. The van der Waals surface area contributed by atoms with Gasteiger partial charge in [-0.3, -0.25) is 4.79 Å². The summed E-state index contributed by atoms with van der Waals surface area (Å²) >= 11 is 7.15. The molecule has 1 saturated heterocycles. The van der Waals surface area contributed by atoms with E-state index < -0.39 is 56.0 Å². The summed E-state index contributed by atoms with van der Waals surface area (Å²) in [5, 5.41) is 17.3. The second-order valence-electron chi connectivity index (χ2n) is 9.47. The number of sulfonamides is 1. The first-order valence-electron chi connectivity index (χ1n) is 11.8. The van der Waals surface area contributed by atoms with Gasteiger partial charge in [0.2, 0.25) is 15.9 Å². The standard InChI is InChI=1S/C23H25ClF3N5O5S2/c1-5-31(4)39(35,36)13-7-6-12(14(24)15(13)25)17-16(20(33)32-10-8-23(26,27)9-11-32)28-19(38-17)18-29-30-21(37-18)22(2,3)34/h6-7,34H,5,8-11H2,1-4H3. The molecule has 1 amide bonds. The van der Waals surface area contributed by atoms with Crippen molar-refractivity contribution in [3.05, 3.63) is 34.6 Å². The van der Waals surface area contributed by atoms with Crippen LogP contribution in [0.3, 0.4) is 0 Å². The van der Waals surface area contributed by atoms with Gasteiger partial charge in [-0.25, -0.2) is 30.9 Å². The number of hydrogen-bond acceptors (Lipinski definition) is 9. The van der Waals surface area contributed by atoms with Crippen molar-refractivity contribution in [2.24, 2.45) is 0 Å². The lowest BCUT2D eigenvalue weighted by Gasteiger charge is -2.31. The Balaban J connectivity index is 1.84. The molecule has 0 radical (unpaired) electrons. The van der Waals surface area contributed by atoms with Crippen molar-refractivity contribution >= 4 is 38.9 Å². The molecule has 16 heteroatoms. The van der Waals surface area contributed by atoms with E-state index in [2.05, 4.69) is 15.2 Å². The molecule has 39 heavy (non-hydrogen) atoms. The van der Waals surface area contributed by atoms with E-state index in [0.29, 0.717) is 0 Å². The maximum atomic E-state index is 15.4. The number of piperidine rings is 1. The Morgan fingerprint density at radius 3 is 2.49 bits per heavy atom. The molecule has 2 aromatic heterocycles. The Bertz CT molecular complexity index is 1510. The zero-order valence-corrected chi connectivity index (χ0v) is 23.7. The van der Waals surface area contributed by atoms with Gasteiger partial charge >= 0.3 is 0 Å². The topological polar surface area (TPSA) is 130 Å². The maximum Gasteiger partial charge on any atom is 0.276 e. The molecule has 212 valence electrons. The lowest BCUT2D eigenvalue weighted by molar-refractivity contribution is -0.0494. The fraction of sp³-hybridized carbons (Fsp3) is 0.478. The normalized spacial score (nSPS) is 16.2. The smallest absolute Gasteiger partial charge is 0.276 e. The third-order valence-electron chi connectivity index (χ3n) is 6.17. The Hall–Kier alpha value is -2.59. The number of thiazole rings is 1. The number of halogens is 4.